The molecule has 3 heterocycles. The van der Waals surface area contributed by atoms with E-state index in [1.165, 1.54) is 0 Å². The first-order chi connectivity index (χ1) is 13.9. The van der Waals surface area contributed by atoms with Crippen LogP contribution in [0.25, 0.3) is 0 Å². The zero-order valence-electron chi connectivity index (χ0n) is 17.1. The molecule has 0 radical (unpaired) electrons. The van der Waals surface area contributed by atoms with E-state index >= 15 is 0 Å². The van der Waals surface area contributed by atoms with E-state index in [0.717, 1.165) is 38.8 Å². The molecule has 156 valence electrons. The van der Waals surface area contributed by atoms with Gasteiger partial charge in [-0.25, -0.2) is 4.79 Å². The number of anilines is 1. The zero-order valence-corrected chi connectivity index (χ0v) is 17.1. The molecule has 2 N–H and O–H groups in total. The quantitative estimate of drug-likeness (QED) is 0.804. The van der Waals surface area contributed by atoms with E-state index in [9.17, 15) is 14.4 Å². The number of urea groups is 1. The molecule has 4 rings (SSSR count). The lowest BCUT2D eigenvalue weighted by Crippen LogP contribution is -2.48. The minimum absolute atomic E-state index is 0.0612. The summed E-state index contributed by atoms with van der Waals surface area (Å²) in [5.41, 5.74) is 1.22. The Bertz CT molecular complexity index is 786. The summed E-state index contributed by atoms with van der Waals surface area (Å²) < 4.78 is 0. The molecule has 3 aliphatic heterocycles. The van der Waals surface area contributed by atoms with Crippen LogP contribution in [-0.4, -0.2) is 60.4 Å². The lowest BCUT2D eigenvalue weighted by atomic mass is 9.79. The van der Waals surface area contributed by atoms with Gasteiger partial charge in [0.2, 0.25) is 5.91 Å². The summed E-state index contributed by atoms with van der Waals surface area (Å²) in [6.45, 7) is 5.80. The zero-order chi connectivity index (χ0) is 20.4. The summed E-state index contributed by atoms with van der Waals surface area (Å²) >= 11 is 0. The van der Waals surface area contributed by atoms with Gasteiger partial charge in [-0.3, -0.25) is 9.59 Å². The highest BCUT2D eigenvalue weighted by Crippen LogP contribution is 2.36. The first kappa shape index (κ1) is 19.7. The van der Waals surface area contributed by atoms with E-state index in [4.69, 9.17) is 0 Å². The number of nitrogens with zero attached hydrogens (tertiary/aromatic N) is 2. The minimum Gasteiger partial charge on any atom is -0.355 e. The maximum Gasteiger partial charge on any atom is 0.321 e. The van der Waals surface area contributed by atoms with Crippen LogP contribution in [0.5, 0.6) is 0 Å². The van der Waals surface area contributed by atoms with Crippen LogP contribution in [-0.2, 0) is 4.79 Å². The number of hydrogen-bond donors (Lipinski definition) is 2. The molecule has 1 aromatic carbocycles. The Balaban J connectivity index is 1.34. The van der Waals surface area contributed by atoms with Gasteiger partial charge in [-0.05, 0) is 55.9 Å². The molecule has 1 aromatic rings. The standard InChI is InChI=1S/C22H30N4O3/c1-16-7-11-25(12-8-16)20(28)17-3-5-18(6-4-17)24-21(29)26-10-2-9-22(15-26)13-19(27)23-14-22/h3-6,16H,2,7-15H2,1H3,(H,23,27)(H,24,29)/t22-/m0/s1. The second-order valence-corrected chi connectivity index (χ2v) is 8.96. The second-order valence-electron chi connectivity index (χ2n) is 8.96. The van der Waals surface area contributed by atoms with Crippen molar-refractivity contribution < 1.29 is 14.4 Å². The highest BCUT2D eigenvalue weighted by atomic mass is 16.2. The molecule has 3 fully saturated rings. The number of rotatable bonds is 2. The summed E-state index contributed by atoms with van der Waals surface area (Å²) in [5.74, 6) is 0.825. The number of carbonyl (C=O) groups is 3. The van der Waals surface area contributed by atoms with Gasteiger partial charge in [0, 0.05) is 55.8 Å². The van der Waals surface area contributed by atoms with Gasteiger partial charge in [0.25, 0.3) is 5.91 Å². The van der Waals surface area contributed by atoms with Crippen molar-refractivity contribution in [3.63, 3.8) is 0 Å². The number of benzene rings is 1. The molecule has 0 aromatic heterocycles. The molecule has 7 nitrogen and oxygen atoms in total. The lowest BCUT2D eigenvalue weighted by molar-refractivity contribution is -0.119. The fourth-order valence-electron chi connectivity index (χ4n) is 4.71. The van der Waals surface area contributed by atoms with Gasteiger partial charge >= 0.3 is 6.03 Å². The van der Waals surface area contributed by atoms with Gasteiger partial charge in [0.05, 0.1) is 0 Å². The Labute approximate surface area is 171 Å². The number of amides is 4. The van der Waals surface area contributed by atoms with Crippen LogP contribution in [0.15, 0.2) is 24.3 Å². The van der Waals surface area contributed by atoms with Crippen molar-refractivity contribution >= 4 is 23.5 Å². The Morgan fingerprint density at radius 1 is 1.10 bits per heavy atom. The molecule has 0 aliphatic carbocycles. The third kappa shape index (κ3) is 4.38. The average Bonchev–Trinajstić information content (AvgIpc) is 3.08. The molecule has 1 spiro atoms. The maximum atomic E-state index is 12.7. The van der Waals surface area contributed by atoms with E-state index in [1.807, 2.05) is 4.90 Å². The fourth-order valence-corrected chi connectivity index (χ4v) is 4.71. The molecule has 7 heteroatoms. The summed E-state index contributed by atoms with van der Waals surface area (Å²) in [4.78, 5) is 40.7. The largest absolute Gasteiger partial charge is 0.355 e. The molecule has 3 saturated heterocycles. The highest BCUT2D eigenvalue weighted by Gasteiger charge is 2.42. The molecular weight excluding hydrogens is 368 g/mol. The molecule has 0 saturated carbocycles. The van der Waals surface area contributed by atoms with Crippen LogP contribution in [0, 0.1) is 11.3 Å². The van der Waals surface area contributed by atoms with Crippen LogP contribution in [0.1, 0.15) is 49.4 Å². The Hall–Kier alpha value is -2.57. The molecule has 3 aliphatic rings. The third-order valence-corrected chi connectivity index (χ3v) is 6.60. The van der Waals surface area contributed by atoms with Gasteiger partial charge in [-0.1, -0.05) is 6.92 Å². The minimum atomic E-state index is -0.146. The predicted molar refractivity (Wildman–Crippen MR) is 111 cm³/mol. The van der Waals surface area contributed by atoms with Crippen molar-refractivity contribution in [2.24, 2.45) is 11.3 Å². The van der Waals surface area contributed by atoms with Crippen molar-refractivity contribution in [3.05, 3.63) is 29.8 Å². The van der Waals surface area contributed by atoms with E-state index < -0.39 is 0 Å². The fraction of sp³-hybridized carbons (Fsp3) is 0.591. The highest BCUT2D eigenvalue weighted by molar-refractivity contribution is 5.95. The topological polar surface area (TPSA) is 81.8 Å². The second kappa shape index (κ2) is 8.05. The van der Waals surface area contributed by atoms with E-state index in [-0.39, 0.29) is 23.3 Å². The van der Waals surface area contributed by atoms with E-state index in [2.05, 4.69) is 17.6 Å². The number of nitrogens with one attached hydrogen (secondary N) is 2. The van der Waals surface area contributed by atoms with Crippen molar-refractivity contribution in [1.82, 2.24) is 15.1 Å². The number of likely N-dealkylation sites (tertiary alicyclic amines) is 2. The van der Waals surface area contributed by atoms with Crippen LogP contribution >= 0.6 is 0 Å². The smallest absolute Gasteiger partial charge is 0.321 e. The van der Waals surface area contributed by atoms with Crippen molar-refractivity contribution in [2.45, 2.75) is 39.0 Å². The Kier molecular flexibility index (Phi) is 5.48. The van der Waals surface area contributed by atoms with Crippen LogP contribution in [0.3, 0.4) is 0 Å². The normalized spacial score (nSPS) is 25.2. The van der Waals surface area contributed by atoms with E-state index in [1.54, 1.807) is 29.2 Å². The Morgan fingerprint density at radius 2 is 1.83 bits per heavy atom. The van der Waals surface area contributed by atoms with Crippen molar-refractivity contribution in [1.29, 1.82) is 0 Å². The van der Waals surface area contributed by atoms with Gasteiger partial charge in [-0.15, -0.1) is 0 Å². The number of carbonyl (C=O) groups excluding carboxylic acids is 3. The van der Waals surface area contributed by atoms with Crippen molar-refractivity contribution in [3.8, 4) is 0 Å². The SMILES string of the molecule is CC1CCN(C(=O)c2ccc(NC(=O)N3CCC[C@]4(CNC(=O)C4)C3)cc2)CC1. The molecule has 29 heavy (non-hydrogen) atoms. The summed E-state index contributed by atoms with van der Waals surface area (Å²) in [6.07, 6.45) is 4.49. The molecule has 0 unspecified atom stereocenters. The van der Waals surface area contributed by atoms with Gasteiger partial charge < -0.3 is 20.4 Å². The predicted octanol–water partition coefficient (Wildman–Crippen LogP) is 2.69. The van der Waals surface area contributed by atoms with Gasteiger partial charge in [0.15, 0.2) is 0 Å². The van der Waals surface area contributed by atoms with Crippen LogP contribution in [0.4, 0.5) is 10.5 Å². The molecular formula is C22H30N4O3. The Morgan fingerprint density at radius 3 is 2.48 bits per heavy atom. The van der Waals surface area contributed by atoms with Gasteiger partial charge in [-0.2, -0.15) is 0 Å². The summed E-state index contributed by atoms with van der Waals surface area (Å²) in [7, 11) is 0. The first-order valence-corrected chi connectivity index (χ1v) is 10.7. The van der Waals surface area contributed by atoms with Gasteiger partial charge in [0.1, 0.15) is 0 Å². The van der Waals surface area contributed by atoms with Crippen LogP contribution < -0.4 is 10.6 Å². The first-order valence-electron chi connectivity index (χ1n) is 10.7. The van der Waals surface area contributed by atoms with E-state index in [0.29, 0.717) is 43.2 Å². The summed E-state index contributed by atoms with van der Waals surface area (Å²) in [6, 6.07) is 7.00. The number of piperidine rings is 2. The van der Waals surface area contributed by atoms with Crippen LogP contribution in [0.2, 0.25) is 0 Å². The average molecular weight is 399 g/mol. The monoisotopic (exact) mass is 398 g/mol. The van der Waals surface area contributed by atoms with Crippen molar-refractivity contribution in [2.75, 3.05) is 38.0 Å². The molecule has 1 atom stereocenters. The third-order valence-electron chi connectivity index (χ3n) is 6.60. The molecule has 4 amide bonds. The molecule has 0 bridgehead atoms. The summed E-state index contributed by atoms with van der Waals surface area (Å²) in [5, 5.41) is 5.84. The number of hydrogen-bond acceptors (Lipinski definition) is 3. The maximum absolute atomic E-state index is 12.7. The lowest BCUT2D eigenvalue weighted by Gasteiger charge is -2.39.